The van der Waals surface area contributed by atoms with Crippen molar-refractivity contribution in [3.8, 4) is 0 Å². The quantitative estimate of drug-likeness (QED) is 0.0963. The fraction of sp³-hybridized carbons (Fsp3) is 0.231. The second-order valence-corrected chi connectivity index (χ2v) is 7.95. The number of ether oxygens (including phenoxy) is 1. The Morgan fingerprint density at radius 2 is 1.84 bits per heavy atom. The SMILES string of the molecule is COC(=O)C(CCCCNC(=O)c1ccccn1)NC(=O)c1ccc(N/N=C/c2ccccc2N)nc1. The fourth-order valence-electron chi connectivity index (χ4n) is 3.29. The third-order valence-corrected chi connectivity index (χ3v) is 5.30. The number of esters is 1. The Kier molecular flexibility index (Phi) is 10.1. The van der Waals surface area contributed by atoms with Crippen molar-refractivity contribution >= 4 is 35.5 Å². The van der Waals surface area contributed by atoms with E-state index >= 15 is 0 Å². The summed E-state index contributed by atoms with van der Waals surface area (Å²) in [7, 11) is 1.26. The van der Waals surface area contributed by atoms with Gasteiger partial charge < -0.3 is 21.1 Å². The lowest BCUT2D eigenvalue weighted by Crippen LogP contribution is -2.41. The Balaban J connectivity index is 1.46. The van der Waals surface area contributed by atoms with E-state index in [4.69, 9.17) is 10.5 Å². The number of nitrogen functional groups attached to an aromatic ring is 1. The van der Waals surface area contributed by atoms with Gasteiger partial charge in [-0.2, -0.15) is 5.10 Å². The van der Waals surface area contributed by atoms with Crippen molar-refractivity contribution in [1.29, 1.82) is 0 Å². The minimum Gasteiger partial charge on any atom is -0.467 e. The van der Waals surface area contributed by atoms with Crippen LogP contribution in [-0.4, -0.2) is 53.7 Å². The van der Waals surface area contributed by atoms with Crippen LogP contribution in [0.5, 0.6) is 0 Å². The molecule has 0 aliphatic carbocycles. The molecule has 0 radical (unpaired) electrons. The van der Waals surface area contributed by atoms with Crippen LogP contribution < -0.4 is 21.8 Å². The van der Waals surface area contributed by atoms with Crippen molar-refractivity contribution in [3.05, 3.63) is 83.8 Å². The number of nitrogens with zero attached hydrogens (tertiary/aromatic N) is 3. The van der Waals surface area contributed by atoms with Gasteiger partial charge in [0.15, 0.2) is 0 Å². The molecular weight excluding hydrogens is 474 g/mol. The summed E-state index contributed by atoms with van der Waals surface area (Å²) in [4.78, 5) is 45.1. The number of rotatable bonds is 12. The molecule has 1 atom stereocenters. The highest BCUT2D eigenvalue weighted by molar-refractivity contribution is 5.96. The number of methoxy groups -OCH3 is 1. The van der Waals surface area contributed by atoms with Crippen molar-refractivity contribution < 1.29 is 19.1 Å². The molecule has 2 amide bonds. The van der Waals surface area contributed by atoms with Crippen LogP contribution in [0.4, 0.5) is 11.5 Å². The molecule has 0 spiro atoms. The largest absolute Gasteiger partial charge is 0.467 e. The maximum atomic E-state index is 12.7. The van der Waals surface area contributed by atoms with E-state index in [0.717, 1.165) is 5.56 Å². The molecule has 0 aliphatic heterocycles. The Hall–Kier alpha value is -4.80. The van der Waals surface area contributed by atoms with Gasteiger partial charge in [0, 0.05) is 30.2 Å². The smallest absolute Gasteiger partial charge is 0.328 e. The van der Waals surface area contributed by atoms with Crippen molar-refractivity contribution in [2.75, 3.05) is 24.8 Å². The second kappa shape index (κ2) is 13.9. The van der Waals surface area contributed by atoms with Crippen LogP contribution in [0.3, 0.4) is 0 Å². The molecule has 192 valence electrons. The maximum Gasteiger partial charge on any atom is 0.328 e. The predicted octanol–water partition coefficient (Wildman–Crippen LogP) is 2.38. The lowest BCUT2D eigenvalue weighted by Gasteiger charge is -2.16. The van der Waals surface area contributed by atoms with Crippen LogP contribution in [0.1, 0.15) is 45.7 Å². The van der Waals surface area contributed by atoms with Gasteiger partial charge in [0.2, 0.25) is 0 Å². The Bertz CT molecular complexity index is 1220. The van der Waals surface area contributed by atoms with Crippen molar-refractivity contribution in [3.63, 3.8) is 0 Å². The topological polar surface area (TPSA) is 161 Å². The van der Waals surface area contributed by atoms with E-state index < -0.39 is 17.9 Å². The number of unbranched alkanes of at least 4 members (excludes halogenated alkanes) is 1. The van der Waals surface area contributed by atoms with E-state index in [0.29, 0.717) is 43.0 Å². The van der Waals surface area contributed by atoms with Gasteiger partial charge in [-0.25, -0.2) is 9.78 Å². The van der Waals surface area contributed by atoms with E-state index in [1.165, 1.54) is 13.3 Å². The average molecular weight is 504 g/mol. The zero-order valence-electron chi connectivity index (χ0n) is 20.4. The molecule has 3 rings (SSSR count). The van der Waals surface area contributed by atoms with Crippen LogP contribution in [0, 0.1) is 0 Å². The minimum atomic E-state index is -0.831. The first-order valence-corrected chi connectivity index (χ1v) is 11.7. The zero-order valence-corrected chi connectivity index (χ0v) is 20.4. The van der Waals surface area contributed by atoms with Gasteiger partial charge in [0.25, 0.3) is 11.8 Å². The molecule has 11 nitrogen and oxygen atoms in total. The van der Waals surface area contributed by atoms with E-state index in [1.807, 2.05) is 18.2 Å². The van der Waals surface area contributed by atoms with Crippen LogP contribution in [0.2, 0.25) is 0 Å². The van der Waals surface area contributed by atoms with Crippen molar-refractivity contribution in [2.45, 2.75) is 25.3 Å². The maximum absolute atomic E-state index is 12.7. The summed E-state index contributed by atoms with van der Waals surface area (Å²) in [6, 6.07) is 14.7. The first-order chi connectivity index (χ1) is 18.0. The molecule has 11 heteroatoms. The minimum absolute atomic E-state index is 0.265. The van der Waals surface area contributed by atoms with Gasteiger partial charge in [0.05, 0.1) is 18.9 Å². The van der Waals surface area contributed by atoms with Crippen LogP contribution in [0.15, 0.2) is 72.1 Å². The van der Waals surface area contributed by atoms with Gasteiger partial charge in [-0.15, -0.1) is 0 Å². The first kappa shape index (κ1) is 26.8. The highest BCUT2D eigenvalue weighted by Gasteiger charge is 2.22. The van der Waals surface area contributed by atoms with Gasteiger partial charge in [-0.05, 0) is 49.6 Å². The number of hydrogen-bond acceptors (Lipinski definition) is 9. The third kappa shape index (κ3) is 8.42. The van der Waals surface area contributed by atoms with Gasteiger partial charge in [-0.1, -0.05) is 24.3 Å². The number of para-hydroxylation sites is 1. The van der Waals surface area contributed by atoms with E-state index in [9.17, 15) is 14.4 Å². The van der Waals surface area contributed by atoms with Gasteiger partial charge in [0.1, 0.15) is 17.6 Å². The molecule has 0 fully saturated rings. The van der Waals surface area contributed by atoms with E-state index in [1.54, 1.807) is 48.8 Å². The standard InChI is InChI=1S/C26H29N7O4/c1-37-26(36)22(11-5-7-15-29-25(35)21-10-4-6-14-28-21)32-24(34)19-12-13-23(30-16-19)33-31-17-18-8-2-3-9-20(18)27/h2-4,6,8-10,12-14,16-17,22H,5,7,11,15,27H2,1H3,(H,29,35)(H,30,33)(H,32,34)/b31-17+. The number of nitrogens with two attached hydrogens (primary N) is 1. The summed E-state index contributed by atoms with van der Waals surface area (Å²) in [5.41, 5.74) is 10.6. The second-order valence-electron chi connectivity index (χ2n) is 7.95. The Morgan fingerprint density at radius 3 is 2.54 bits per heavy atom. The number of pyridine rings is 2. The number of hydrogen-bond donors (Lipinski definition) is 4. The molecule has 37 heavy (non-hydrogen) atoms. The number of anilines is 2. The fourth-order valence-corrected chi connectivity index (χ4v) is 3.29. The zero-order chi connectivity index (χ0) is 26.5. The number of amides is 2. The van der Waals surface area contributed by atoms with Crippen molar-refractivity contribution in [1.82, 2.24) is 20.6 Å². The third-order valence-electron chi connectivity index (χ3n) is 5.30. The number of aromatic nitrogens is 2. The summed E-state index contributed by atoms with van der Waals surface area (Å²) in [6.45, 7) is 0.412. The number of benzene rings is 1. The van der Waals surface area contributed by atoms with Crippen LogP contribution in [0.25, 0.3) is 0 Å². The molecule has 5 N–H and O–H groups in total. The Morgan fingerprint density at radius 1 is 1.03 bits per heavy atom. The summed E-state index contributed by atoms with van der Waals surface area (Å²) in [5, 5.41) is 9.56. The molecule has 0 bridgehead atoms. The number of hydrazone groups is 1. The number of carbonyl (C=O) groups excluding carboxylic acids is 3. The molecule has 0 saturated heterocycles. The molecule has 3 aromatic rings. The molecule has 2 heterocycles. The lowest BCUT2D eigenvalue weighted by molar-refractivity contribution is -0.143. The monoisotopic (exact) mass is 503 g/mol. The van der Waals surface area contributed by atoms with Crippen LogP contribution in [-0.2, 0) is 9.53 Å². The number of nitrogens with one attached hydrogen (secondary N) is 3. The molecule has 1 aromatic carbocycles. The van der Waals surface area contributed by atoms with Gasteiger partial charge in [-0.3, -0.25) is 20.0 Å². The average Bonchev–Trinajstić information content (AvgIpc) is 2.93. The Labute approximate surface area is 214 Å². The highest BCUT2D eigenvalue weighted by Crippen LogP contribution is 2.10. The van der Waals surface area contributed by atoms with Crippen molar-refractivity contribution in [2.24, 2.45) is 5.10 Å². The highest BCUT2D eigenvalue weighted by atomic mass is 16.5. The van der Waals surface area contributed by atoms with Gasteiger partial charge >= 0.3 is 5.97 Å². The van der Waals surface area contributed by atoms with E-state index in [-0.39, 0.29) is 11.5 Å². The number of carbonyl (C=O) groups is 3. The van der Waals surface area contributed by atoms with Crippen LogP contribution >= 0.6 is 0 Å². The molecule has 0 saturated carbocycles. The summed E-state index contributed by atoms with van der Waals surface area (Å²) in [5.74, 6) is -0.844. The predicted molar refractivity (Wildman–Crippen MR) is 140 cm³/mol. The summed E-state index contributed by atoms with van der Waals surface area (Å²) < 4.78 is 4.83. The molecule has 1 unspecified atom stereocenters. The van der Waals surface area contributed by atoms with E-state index in [2.05, 4.69) is 31.1 Å². The molecule has 0 aliphatic rings. The molecule has 2 aromatic heterocycles. The normalized spacial score (nSPS) is 11.5. The first-order valence-electron chi connectivity index (χ1n) is 11.7. The lowest BCUT2D eigenvalue weighted by atomic mass is 10.1. The molecular formula is C26H29N7O4. The summed E-state index contributed by atoms with van der Waals surface area (Å²) in [6.07, 6.45) is 6.04. The summed E-state index contributed by atoms with van der Waals surface area (Å²) >= 11 is 0.